The van der Waals surface area contributed by atoms with Crippen molar-refractivity contribution in [3.63, 3.8) is 0 Å². The lowest BCUT2D eigenvalue weighted by Crippen LogP contribution is -2.53. The summed E-state index contributed by atoms with van der Waals surface area (Å²) in [6.45, 7) is 4.53. The van der Waals surface area contributed by atoms with Gasteiger partial charge in [0.15, 0.2) is 18.4 Å². The Morgan fingerprint density at radius 3 is 2.31 bits per heavy atom. The minimum Gasteiger partial charge on any atom is -0.368 e. The van der Waals surface area contributed by atoms with E-state index in [2.05, 4.69) is 19.9 Å². The molecule has 6 N–H and O–H groups in total. The summed E-state index contributed by atoms with van der Waals surface area (Å²) in [7, 11) is 0. The zero-order valence-corrected chi connectivity index (χ0v) is 17.7. The highest BCUT2D eigenvalue weighted by atomic mass is 16.5. The monoisotopic (exact) mass is 410 g/mol. The van der Waals surface area contributed by atoms with Gasteiger partial charge in [0.05, 0.1) is 5.92 Å². The Labute approximate surface area is 173 Å². The van der Waals surface area contributed by atoms with Gasteiger partial charge in [-0.05, 0) is 79.4 Å². The van der Waals surface area contributed by atoms with Crippen molar-refractivity contribution in [3.8, 4) is 0 Å². The average Bonchev–Trinajstić information content (AvgIpc) is 2.94. The molecule has 6 nitrogen and oxygen atoms in total. The molecule has 0 unspecified atom stereocenters. The Hall–Kier alpha value is -0.500. The molecule has 4 rings (SSSR count). The maximum absolute atomic E-state index is 10.4. The van der Waals surface area contributed by atoms with Crippen molar-refractivity contribution in [2.45, 2.75) is 90.0 Å². The van der Waals surface area contributed by atoms with E-state index in [9.17, 15) is 30.6 Å². The summed E-state index contributed by atoms with van der Waals surface area (Å²) in [6.07, 6.45) is 6.06. The second kappa shape index (κ2) is 7.28. The standard InChI is InChI=1S/C23H38O6/c1-21-9-8-18-15(5-3-13-7-10-23(28,29)12-22(13,18)2)17(21)6-4-14(21)11-16(19(24)25)20(26)27/h3,14-20,24-29H,4-12H2,1-2H3/t14-,15+,17+,18+,21-,22+/m1/s1. The summed E-state index contributed by atoms with van der Waals surface area (Å²) < 4.78 is 0. The first-order valence-electron chi connectivity index (χ1n) is 11.3. The molecule has 3 saturated carbocycles. The van der Waals surface area contributed by atoms with Crippen molar-refractivity contribution >= 4 is 0 Å². The maximum atomic E-state index is 10.4. The smallest absolute Gasteiger partial charge is 0.163 e. The maximum Gasteiger partial charge on any atom is 0.163 e. The van der Waals surface area contributed by atoms with E-state index in [1.807, 2.05) is 0 Å². The van der Waals surface area contributed by atoms with Gasteiger partial charge in [0, 0.05) is 12.8 Å². The Morgan fingerprint density at radius 2 is 1.66 bits per heavy atom. The molecule has 0 amide bonds. The van der Waals surface area contributed by atoms with Crippen molar-refractivity contribution in [3.05, 3.63) is 11.6 Å². The van der Waals surface area contributed by atoms with Crippen LogP contribution in [-0.4, -0.2) is 49.0 Å². The molecule has 6 atom stereocenters. The van der Waals surface area contributed by atoms with Crippen LogP contribution in [0.25, 0.3) is 0 Å². The molecule has 29 heavy (non-hydrogen) atoms. The topological polar surface area (TPSA) is 121 Å². The van der Waals surface area contributed by atoms with Crippen LogP contribution in [0, 0.1) is 40.4 Å². The number of hydrogen-bond acceptors (Lipinski definition) is 6. The third-order valence-corrected chi connectivity index (χ3v) is 9.59. The lowest BCUT2D eigenvalue weighted by molar-refractivity contribution is -0.208. The van der Waals surface area contributed by atoms with Gasteiger partial charge in [0.2, 0.25) is 0 Å². The first-order chi connectivity index (χ1) is 13.5. The van der Waals surface area contributed by atoms with Crippen LogP contribution in [0.1, 0.15) is 71.6 Å². The van der Waals surface area contributed by atoms with Gasteiger partial charge in [-0.15, -0.1) is 0 Å². The van der Waals surface area contributed by atoms with Crippen LogP contribution in [0.3, 0.4) is 0 Å². The van der Waals surface area contributed by atoms with Crippen molar-refractivity contribution in [2.75, 3.05) is 0 Å². The van der Waals surface area contributed by atoms with Crippen LogP contribution in [0.15, 0.2) is 11.6 Å². The Kier molecular flexibility index (Phi) is 5.45. The summed E-state index contributed by atoms with van der Waals surface area (Å²) >= 11 is 0. The molecule has 0 aromatic heterocycles. The van der Waals surface area contributed by atoms with Gasteiger partial charge in [-0.2, -0.15) is 0 Å². The molecule has 4 aliphatic rings. The molecule has 0 heterocycles. The van der Waals surface area contributed by atoms with Crippen LogP contribution in [-0.2, 0) is 0 Å². The average molecular weight is 411 g/mol. The molecule has 0 aromatic carbocycles. The van der Waals surface area contributed by atoms with E-state index in [4.69, 9.17) is 0 Å². The molecule has 0 aliphatic heterocycles. The van der Waals surface area contributed by atoms with Crippen LogP contribution in [0.4, 0.5) is 0 Å². The number of hydrogen-bond donors (Lipinski definition) is 6. The van der Waals surface area contributed by atoms with Gasteiger partial charge in [-0.3, -0.25) is 0 Å². The van der Waals surface area contributed by atoms with Gasteiger partial charge < -0.3 is 30.6 Å². The van der Waals surface area contributed by atoms with E-state index < -0.39 is 24.3 Å². The molecule has 0 aromatic rings. The fourth-order valence-corrected chi connectivity index (χ4v) is 8.02. The van der Waals surface area contributed by atoms with E-state index in [-0.39, 0.29) is 16.7 Å². The molecular formula is C23H38O6. The van der Waals surface area contributed by atoms with Crippen molar-refractivity contribution in [1.29, 1.82) is 0 Å². The molecule has 0 bridgehead atoms. The normalized spacial score (nSPS) is 43.9. The Balaban J connectivity index is 1.57. The zero-order chi connectivity index (χ0) is 21.2. The minimum absolute atomic E-state index is 0.0507. The molecule has 166 valence electrons. The number of rotatable bonds is 4. The van der Waals surface area contributed by atoms with Crippen LogP contribution >= 0.6 is 0 Å². The molecule has 4 aliphatic carbocycles. The van der Waals surface area contributed by atoms with Crippen LogP contribution in [0.5, 0.6) is 0 Å². The fourth-order valence-electron chi connectivity index (χ4n) is 8.02. The van der Waals surface area contributed by atoms with E-state index in [0.717, 1.165) is 38.5 Å². The van der Waals surface area contributed by atoms with Gasteiger partial charge >= 0.3 is 0 Å². The molecule has 0 radical (unpaired) electrons. The largest absolute Gasteiger partial charge is 0.368 e. The van der Waals surface area contributed by atoms with Crippen LogP contribution in [0.2, 0.25) is 0 Å². The Morgan fingerprint density at radius 1 is 0.966 bits per heavy atom. The van der Waals surface area contributed by atoms with Crippen molar-refractivity contribution in [2.24, 2.45) is 40.4 Å². The predicted octanol–water partition coefficient (Wildman–Crippen LogP) is 1.87. The van der Waals surface area contributed by atoms with Gasteiger partial charge in [-0.25, -0.2) is 0 Å². The molecule has 0 saturated heterocycles. The molecular weight excluding hydrogens is 372 g/mol. The number of aliphatic hydroxyl groups is 6. The highest BCUT2D eigenvalue weighted by Crippen LogP contribution is 2.67. The van der Waals surface area contributed by atoms with E-state index in [0.29, 0.717) is 37.0 Å². The first kappa shape index (κ1) is 21.7. The zero-order valence-electron chi connectivity index (χ0n) is 17.7. The van der Waals surface area contributed by atoms with Crippen molar-refractivity contribution < 1.29 is 30.6 Å². The number of aliphatic hydroxyl groups excluding tert-OH is 2. The number of allylic oxidation sites excluding steroid dienone is 2. The van der Waals surface area contributed by atoms with E-state index in [1.165, 1.54) is 5.57 Å². The van der Waals surface area contributed by atoms with Crippen LogP contribution < -0.4 is 0 Å². The highest BCUT2D eigenvalue weighted by Gasteiger charge is 2.60. The minimum atomic E-state index is -1.72. The molecule has 0 spiro atoms. The summed E-state index contributed by atoms with van der Waals surface area (Å²) in [6, 6.07) is 0. The lowest BCUT2D eigenvalue weighted by atomic mass is 9.47. The summed E-state index contributed by atoms with van der Waals surface area (Å²) in [5, 5.41) is 59.2. The third-order valence-electron chi connectivity index (χ3n) is 9.59. The third kappa shape index (κ3) is 3.50. The lowest BCUT2D eigenvalue weighted by Gasteiger charge is -2.59. The second-order valence-corrected chi connectivity index (χ2v) is 11.0. The van der Waals surface area contributed by atoms with Gasteiger partial charge in [-0.1, -0.05) is 25.5 Å². The summed E-state index contributed by atoms with van der Waals surface area (Å²) in [5.41, 5.74) is 1.30. The molecule has 3 fully saturated rings. The van der Waals surface area contributed by atoms with Gasteiger partial charge in [0.1, 0.15) is 0 Å². The predicted molar refractivity (Wildman–Crippen MR) is 107 cm³/mol. The summed E-state index contributed by atoms with van der Waals surface area (Å²) in [4.78, 5) is 0. The van der Waals surface area contributed by atoms with Crippen molar-refractivity contribution in [1.82, 2.24) is 0 Å². The first-order valence-corrected chi connectivity index (χ1v) is 11.3. The van der Waals surface area contributed by atoms with Gasteiger partial charge in [0.25, 0.3) is 0 Å². The molecule has 6 heteroatoms. The summed E-state index contributed by atoms with van der Waals surface area (Å²) in [5.74, 6) is -0.831. The highest BCUT2D eigenvalue weighted by molar-refractivity contribution is 5.25. The van der Waals surface area contributed by atoms with E-state index >= 15 is 0 Å². The second-order valence-electron chi connectivity index (χ2n) is 11.0. The Bertz CT molecular complexity index is 650. The fraction of sp³-hybridized carbons (Fsp3) is 0.913. The quantitative estimate of drug-likeness (QED) is 0.311. The SMILES string of the molecule is C[C@]12CC[C@H]3[C@@H](CC=C4CCC(O)(O)C[C@@]43C)[C@@H]1CC[C@@H]2CC(C(O)O)C(O)O. The number of fused-ring (bicyclic) bond motifs is 5. The van der Waals surface area contributed by atoms with E-state index in [1.54, 1.807) is 0 Å².